The number of carbonyl (C=O) groups excluding carboxylic acids is 1. The molecule has 0 radical (unpaired) electrons. The van der Waals surface area contributed by atoms with E-state index in [0.29, 0.717) is 21.7 Å². The van der Waals surface area contributed by atoms with Crippen LogP contribution in [0, 0.1) is 12.7 Å². The number of fused-ring (bicyclic) bond motifs is 1. The van der Waals surface area contributed by atoms with E-state index in [0.717, 1.165) is 11.3 Å². The van der Waals surface area contributed by atoms with E-state index in [1.54, 1.807) is 28.8 Å². The normalized spacial score (nSPS) is 11.1. The highest BCUT2D eigenvalue weighted by Crippen LogP contribution is 2.31. The topological polar surface area (TPSA) is 46.9 Å². The molecule has 3 aromatic carbocycles. The van der Waals surface area contributed by atoms with Crippen LogP contribution in [-0.2, 0) is 0 Å². The number of nitrogens with one attached hydrogen (secondary N) is 1. The van der Waals surface area contributed by atoms with Gasteiger partial charge in [-0.3, -0.25) is 9.36 Å². The molecule has 0 saturated heterocycles. The molecule has 0 aliphatic heterocycles. The van der Waals surface area contributed by atoms with Gasteiger partial charge in [0.1, 0.15) is 5.82 Å². The Labute approximate surface area is 180 Å². The molecule has 1 N–H and O–H groups in total. The van der Waals surface area contributed by atoms with Gasteiger partial charge in [-0.1, -0.05) is 35.3 Å². The number of aromatic nitrogens is 2. The zero-order valence-electron chi connectivity index (χ0n) is 15.0. The van der Waals surface area contributed by atoms with E-state index >= 15 is 0 Å². The molecule has 0 bridgehead atoms. The van der Waals surface area contributed by atoms with Gasteiger partial charge in [0.25, 0.3) is 5.91 Å². The lowest BCUT2D eigenvalue weighted by molar-refractivity contribution is 0.102. The maximum Gasteiger partial charge on any atom is 0.260 e. The zero-order valence-corrected chi connectivity index (χ0v) is 17.3. The predicted molar refractivity (Wildman–Crippen MR) is 115 cm³/mol. The number of halogens is 4. The molecular weight excluding hydrogens is 436 g/mol. The molecule has 8 heteroatoms. The number of rotatable bonds is 3. The van der Waals surface area contributed by atoms with Crippen molar-refractivity contribution in [2.45, 2.75) is 6.92 Å². The summed E-state index contributed by atoms with van der Waals surface area (Å²) in [6.07, 6.45) is 0. The number of hydrogen-bond donors (Lipinski definition) is 1. The Morgan fingerprint density at radius 1 is 1.03 bits per heavy atom. The van der Waals surface area contributed by atoms with Crippen LogP contribution in [0.15, 0.2) is 54.6 Å². The standard InChI is InChI=1S/C21H13Cl3FN3O/c1-11-13(22)4-3-7-17(11)28-18-10-12(8-9-16(18)27-21(28)24)26-20(29)19-14(23)5-2-6-15(19)25/h2-10H,1H3,(H,26,29). The number of amides is 1. The SMILES string of the molecule is Cc1c(Cl)cccc1-n1c(Cl)nc2ccc(NC(=O)c3c(F)cccc3Cl)cc21. The summed E-state index contributed by atoms with van der Waals surface area (Å²) in [7, 11) is 0. The third-order valence-corrected chi connectivity index (χ3v) is 5.52. The van der Waals surface area contributed by atoms with Gasteiger partial charge in [0, 0.05) is 10.7 Å². The lowest BCUT2D eigenvalue weighted by Crippen LogP contribution is -2.14. The van der Waals surface area contributed by atoms with Crippen molar-refractivity contribution in [2.75, 3.05) is 5.32 Å². The number of imidazole rings is 1. The molecule has 29 heavy (non-hydrogen) atoms. The van der Waals surface area contributed by atoms with E-state index < -0.39 is 11.7 Å². The van der Waals surface area contributed by atoms with Gasteiger partial charge in [0.15, 0.2) is 0 Å². The molecule has 1 amide bonds. The summed E-state index contributed by atoms with van der Waals surface area (Å²) in [6.45, 7) is 1.88. The average Bonchev–Trinajstić information content (AvgIpc) is 2.99. The van der Waals surface area contributed by atoms with Crippen molar-refractivity contribution in [3.8, 4) is 5.69 Å². The quantitative estimate of drug-likeness (QED) is 0.380. The van der Waals surface area contributed by atoms with Crippen molar-refractivity contribution < 1.29 is 9.18 Å². The summed E-state index contributed by atoms with van der Waals surface area (Å²) in [5.41, 5.74) is 3.13. The molecule has 0 aliphatic rings. The van der Waals surface area contributed by atoms with Gasteiger partial charge < -0.3 is 5.32 Å². The van der Waals surface area contributed by atoms with Gasteiger partial charge >= 0.3 is 0 Å². The molecular formula is C21H13Cl3FN3O. The molecule has 146 valence electrons. The Kier molecular flexibility index (Phi) is 5.21. The molecule has 4 rings (SSSR count). The van der Waals surface area contributed by atoms with E-state index in [-0.39, 0.29) is 15.9 Å². The first-order chi connectivity index (χ1) is 13.9. The minimum absolute atomic E-state index is 0.0335. The Bertz CT molecular complexity index is 1250. The van der Waals surface area contributed by atoms with Crippen molar-refractivity contribution in [1.29, 1.82) is 0 Å². The van der Waals surface area contributed by atoms with Crippen molar-refractivity contribution in [3.05, 3.63) is 86.9 Å². The molecule has 4 nitrogen and oxygen atoms in total. The fourth-order valence-corrected chi connectivity index (χ4v) is 3.79. The molecule has 0 spiro atoms. The predicted octanol–water partition coefficient (Wildman–Crippen LogP) is 6.69. The number of carbonyl (C=O) groups is 1. The van der Waals surface area contributed by atoms with Crippen LogP contribution >= 0.6 is 34.8 Å². The van der Waals surface area contributed by atoms with Crippen LogP contribution in [0.1, 0.15) is 15.9 Å². The highest BCUT2D eigenvalue weighted by Gasteiger charge is 2.18. The molecule has 0 saturated carbocycles. The molecule has 0 unspecified atom stereocenters. The number of hydrogen-bond acceptors (Lipinski definition) is 2. The zero-order chi connectivity index (χ0) is 20.7. The van der Waals surface area contributed by atoms with Gasteiger partial charge in [0.05, 0.1) is 27.3 Å². The second-order valence-electron chi connectivity index (χ2n) is 6.35. The van der Waals surface area contributed by atoms with Crippen LogP contribution < -0.4 is 5.32 Å². The summed E-state index contributed by atoms with van der Waals surface area (Å²) in [6, 6.07) is 14.6. The smallest absolute Gasteiger partial charge is 0.260 e. The summed E-state index contributed by atoms with van der Waals surface area (Å²) in [5.74, 6) is -1.35. The summed E-state index contributed by atoms with van der Waals surface area (Å²) in [5, 5.41) is 3.56. The van der Waals surface area contributed by atoms with Gasteiger partial charge in [-0.2, -0.15) is 0 Å². The van der Waals surface area contributed by atoms with Gasteiger partial charge in [-0.25, -0.2) is 9.37 Å². The van der Waals surface area contributed by atoms with Crippen LogP contribution in [0.25, 0.3) is 16.7 Å². The van der Waals surface area contributed by atoms with Crippen molar-refractivity contribution in [2.24, 2.45) is 0 Å². The molecule has 1 heterocycles. The van der Waals surface area contributed by atoms with Crippen LogP contribution in [0.5, 0.6) is 0 Å². The Morgan fingerprint density at radius 2 is 1.76 bits per heavy atom. The molecule has 0 aliphatic carbocycles. The Morgan fingerprint density at radius 3 is 2.52 bits per heavy atom. The van der Waals surface area contributed by atoms with E-state index in [1.807, 2.05) is 19.1 Å². The summed E-state index contributed by atoms with van der Waals surface area (Å²) in [4.78, 5) is 16.9. The minimum atomic E-state index is -0.696. The first-order valence-corrected chi connectivity index (χ1v) is 9.69. The van der Waals surface area contributed by atoms with Crippen molar-refractivity contribution in [3.63, 3.8) is 0 Å². The van der Waals surface area contributed by atoms with E-state index in [9.17, 15) is 9.18 Å². The lowest BCUT2D eigenvalue weighted by Gasteiger charge is -2.12. The summed E-state index contributed by atoms with van der Waals surface area (Å²) < 4.78 is 15.8. The third-order valence-electron chi connectivity index (χ3n) is 4.54. The van der Waals surface area contributed by atoms with E-state index in [4.69, 9.17) is 34.8 Å². The summed E-state index contributed by atoms with van der Waals surface area (Å²) >= 11 is 18.6. The van der Waals surface area contributed by atoms with Gasteiger partial charge in [0.2, 0.25) is 5.28 Å². The van der Waals surface area contributed by atoms with Crippen molar-refractivity contribution >= 4 is 57.4 Å². The Balaban J connectivity index is 1.79. The maximum absolute atomic E-state index is 14.0. The molecule has 0 atom stereocenters. The van der Waals surface area contributed by atoms with Crippen LogP contribution in [0.4, 0.5) is 10.1 Å². The van der Waals surface area contributed by atoms with E-state index in [2.05, 4.69) is 10.3 Å². The first kappa shape index (κ1) is 19.7. The fourth-order valence-electron chi connectivity index (χ4n) is 3.10. The lowest BCUT2D eigenvalue weighted by atomic mass is 10.1. The molecule has 0 fully saturated rings. The molecule has 4 aromatic rings. The third kappa shape index (κ3) is 3.57. The van der Waals surface area contributed by atoms with E-state index in [1.165, 1.54) is 18.2 Å². The second kappa shape index (κ2) is 7.67. The van der Waals surface area contributed by atoms with Gasteiger partial charge in [-0.05, 0) is 66.6 Å². The number of anilines is 1. The minimum Gasteiger partial charge on any atom is -0.322 e. The number of benzene rings is 3. The fraction of sp³-hybridized carbons (Fsp3) is 0.0476. The average molecular weight is 449 g/mol. The van der Waals surface area contributed by atoms with Gasteiger partial charge in [-0.15, -0.1) is 0 Å². The Hall–Kier alpha value is -2.60. The largest absolute Gasteiger partial charge is 0.322 e. The monoisotopic (exact) mass is 447 g/mol. The second-order valence-corrected chi connectivity index (χ2v) is 7.51. The highest BCUT2D eigenvalue weighted by molar-refractivity contribution is 6.34. The highest BCUT2D eigenvalue weighted by atomic mass is 35.5. The van der Waals surface area contributed by atoms with Crippen LogP contribution in [-0.4, -0.2) is 15.5 Å². The van der Waals surface area contributed by atoms with Crippen LogP contribution in [0.3, 0.4) is 0 Å². The van der Waals surface area contributed by atoms with Crippen LogP contribution in [0.2, 0.25) is 15.3 Å². The van der Waals surface area contributed by atoms with Crippen molar-refractivity contribution in [1.82, 2.24) is 9.55 Å². The molecule has 1 aromatic heterocycles. The maximum atomic E-state index is 14.0. The first-order valence-electron chi connectivity index (χ1n) is 8.55. The number of nitrogens with zero attached hydrogens (tertiary/aromatic N) is 2.